The molecule has 3 nitrogen and oxygen atoms in total. The molecule has 2 aromatic rings. The molecule has 0 heterocycles. The summed E-state index contributed by atoms with van der Waals surface area (Å²) in [6.07, 6.45) is 2.52. The number of hydrogen-bond acceptors (Lipinski definition) is 3. The molecule has 0 aliphatic carbocycles. The van der Waals surface area contributed by atoms with E-state index in [2.05, 4.69) is 106 Å². The molecule has 0 aliphatic rings. The van der Waals surface area contributed by atoms with E-state index in [0.717, 1.165) is 32.4 Å². The zero-order valence-electron chi connectivity index (χ0n) is 20.5. The molecule has 0 saturated carbocycles. The van der Waals surface area contributed by atoms with Crippen LogP contribution >= 0.6 is 0 Å². The minimum atomic E-state index is -1.91. The number of benzene rings is 2. The number of rotatable bonds is 12. The van der Waals surface area contributed by atoms with E-state index in [-0.39, 0.29) is 11.1 Å². The van der Waals surface area contributed by atoms with Crippen molar-refractivity contribution in [3.63, 3.8) is 0 Å². The molecule has 0 aliphatic heterocycles. The minimum Gasteiger partial charge on any atom is -0.415 e. The zero-order chi connectivity index (χ0) is 22.9. The summed E-state index contributed by atoms with van der Waals surface area (Å²) < 4.78 is 6.65. The van der Waals surface area contributed by atoms with Crippen molar-refractivity contribution >= 4 is 8.32 Å². The third-order valence-corrected chi connectivity index (χ3v) is 11.1. The van der Waals surface area contributed by atoms with Crippen molar-refractivity contribution in [2.75, 3.05) is 6.61 Å². The summed E-state index contributed by atoms with van der Waals surface area (Å²) in [5.74, 6) is 0. The van der Waals surface area contributed by atoms with Crippen LogP contribution < -0.4 is 0 Å². The van der Waals surface area contributed by atoms with Crippen molar-refractivity contribution in [2.24, 2.45) is 0 Å². The quantitative estimate of drug-likeness (QED) is 0.375. The van der Waals surface area contributed by atoms with E-state index in [4.69, 9.17) is 4.43 Å². The Morgan fingerprint density at radius 1 is 0.903 bits per heavy atom. The lowest BCUT2D eigenvalue weighted by molar-refractivity contribution is 0.00510. The third-order valence-electron chi connectivity index (χ3n) is 6.64. The Hall–Kier alpha value is -1.46. The highest BCUT2D eigenvalue weighted by molar-refractivity contribution is 6.74. The maximum atomic E-state index is 11.3. The second kappa shape index (κ2) is 12.0. The normalized spacial score (nSPS) is 14.6. The van der Waals surface area contributed by atoms with Gasteiger partial charge in [0.05, 0.1) is 18.8 Å². The fourth-order valence-electron chi connectivity index (χ4n) is 3.50. The van der Waals surface area contributed by atoms with E-state index in [9.17, 15) is 5.11 Å². The molecule has 1 N–H and O–H groups in total. The van der Waals surface area contributed by atoms with Crippen LogP contribution in [0, 0.1) is 0 Å². The van der Waals surface area contributed by atoms with E-state index in [0.29, 0.717) is 6.61 Å². The van der Waals surface area contributed by atoms with Gasteiger partial charge >= 0.3 is 0 Å². The number of nitrogens with zero attached hydrogens (tertiary/aromatic N) is 1. The SMILES string of the molecule is CCCC[C@H](O)[C@@H](CO[Si](C)(C)C(C)(C)C)N(Cc1ccccc1)Cc1ccccc1. The van der Waals surface area contributed by atoms with Crippen molar-refractivity contribution < 1.29 is 9.53 Å². The van der Waals surface area contributed by atoms with Crippen molar-refractivity contribution in [2.45, 2.75) is 90.3 Å². The summed E-state index contributed by atoms with van der Waals surface area (Å²) in [5.41, 5.74) is 2.52. The van der Waals surface area contributed by atoms with Crippen LogP contribution in [0.15, 0.2) is 60.7 Å². The Kier molecular flexibility index (Phi) is 9.95. The molecule has 4 heteroatoms. The lowest BCUT2D eigenvalue weighted by Gasteiger charge is -2.41. The Morgan fingerprint density at radius 3 is 1.81 bits per heavy atom. The topological polar surface area (TPSA) is 32.7 Å². The van der Waals surface area contributed by atoms with Gasteiger partial charge in [-0.1, -0.05) is 101 Å². The molecule has 0 aromatic heterocycles. The van der Waals surface area contributed by atoms with Crippen molar-refractivity contribution in [1.82, 2.24) is 4.90 Å². The summed E-state index contributed by atoms with van der Waals surface area (Å²) in [6, 6.07) is 21.1. The first kappa shape index (κ1) is 25.8. The van der Waals surface area contributed by atoms with Gasteiger partial charge in [0.2, 0.25) is 0 Å². The number of unbranched alkanes of at least 4 members (excludes halogenated alkanes) is 1. The molecular weight excluding hydrogens is 398 g/mol. The van der Waals surface area contributed by atoms with Crippen LogP contribution in [0.2, 0.25) is 18.1 Å². The Morgan fingerprint density at radius 2 is 1.39 bits per heavy atom. The fraction of sp³-hybridized carbons (Fsp3) is 0.556. The molecule has 0 fully saturated rings. The molecular formula is C27H43NO2Si. The molecule has 2 aromatic carbocycles. The standard InChI is InChI=1S/C27H43NO2Si/c1-7-8-19-26(29)25(22-30-31(5,6)27(2,3)4)28(20-23-15-11-9-12-16-23)21-24-17-13-10-14-18-24/h9-18,25-26,29H,7-8,19-22H2,1-6H3/t25-,26+/m1/s1. The highest BCUT2D eigenvalue weighted by Crippen LogP contribution is 2.37. The summed E-state index contributed by atoms with van der Waals surface area (Å²) in [7, 11) is -1.91. The summed E-state index contributed by atoms with van der Waals surface area (Å²) >= 11 is 0. The molecule has 172 valence electrons. The van der Waals surface area contributed by atoms with Crippen molar-refractivity contribution in [3.8, 4) is 0 Å². The largest absolute Gasteiger partial charge is 0.415 e. The van der Waals surface area contributed by atoms with Crippen LogP contribution in [0.3, 0.4) is 0 Å². The summed E-state index contributed by atoms with van der Waals surface area (Å²) in [5, 5.41) is 11.4. The van der Waals surface area contributed by atoms with Crippen LogP contribution in [0.4, 0.5) is 0 Å². The molecule has 0 bridgehead atoms. The average Bonchev–Trinajstić information content (AvgIpc) is 2.73. The van der Waals surface area contributed by atoms with Crippen LogP contribution in [0.25, 0.3) is 0 Å². The van der Waals surface area contributed by atoms with Gasteiger partial charge in [-0.05, 0) is 35.7 Å². The number of hydrogen-bond donors (Lipinski definition) is 1. The number of aliphatic hydroxyl groups excluding tert-OH is 1. The van der Waals surface area contributed by atoms with Crippen molar-refractivity contribution in [1.29, 1.82) is 0 Å². The van der Waals surface area contributed by atoms with Gasteiger partial charge in [-0.2, -0.15) is 0 Å². The maximum absolute atomic E-state index is 11.3. The third kappa shape index (κ3) is 8.19. The van der Waals surface area contributed by atoms with E-state index >= 15 is 0 Å². The first-order valence-electron chi connectivity index (χ1n) is 11.8. The maximum Gasteiger partial charge on any atom is 0.192 e. The summed E-state index contributed by atoms with van der Waals surface area (Å²) in [6.45, 7) is 15.7. The van der Waals surface area contributed by atoms with Gasteiger partial charge in [-0.15, -0.1) is 0 Å². The van der Waals surface area contributed by atoms with Gasteiger partial charge in [0.15, 0.2) is 8.32 Å². The number of aliphatic hydroxyl groups is 1. The molecule has 0 radical (unpaired) electrons. The van der Waals surface area contributed by atoms with Crippen molar-refractivity contribution in [3.05, 3.63) is 71.8 Å². The molecule has 0 saturated heterocycles. The van der Waals surface area contributed by atoms with E-state index in [1.54, 1.807) is 0 Å². The molecule has 31 heavy (non-hydrogen) atoms. The predicted molar refractivity (Wildman–Crippen MR) is 135 cm³/mol. The Labute approximate surface area is 191 Å². The summed E-state index contributed by atoms with van der Waals surface area (Å²) in [4.78, 5) is 2.41. The highest BCUT2D eigenvalue weighted by atomic mass is 28.4. The first-order chi connectivity index (χ1) is 14.6. The van der Waals surface area contributed by atoms with Crippen LogP contribution in [0.5, 0.6) is 0 Å². The monoisotopic (exact) mass is 441 g/mol. The van der Waals surface area contributed by atoms with Gasteiger partial charge < -0.3 is 9.53 Å². The lowest BCUT2D eigenvalue weighted by atomic mass is 10.0. The van der Waals surface area contributed by atoms with Gasteiger partial charge in [-0.25, -0.2) is 0 Å². The van der Waals surface area contributed by atoms with E-state index in [1.165, 1.54) is 11.1 Å². The molecule has 2 rings (SSSR count). The fourth-order valence-corrected chi connectivity index (χ4v) is 4.52. The van der Waals surface area contributed by atoms with Crippen LogP contribution in [0.1, 0.15) is 58.1 Å². The van der Waals surface area contributed by atoms with Gasteiger partial charge in [0.25, 0.3) is 0 Å². The van der Waals surface area contributed by atoms with E-state index < -0.39 is 14.4 Å². The van der Waals surface area contributed by atoms with Gasteiger partial charge in [0.1, 0.15) is 0 Å². The molecule has 0 amide bonds. The second-order valence-corrected chi connectivity index (χ2v) is 15.0. The predicted octanol–water partition coefficient (Wildman–Crippen LogP) is 6.63. The van der Waals surface area contributed by atoms with E-state index in [1.807, 2.05) is 0 Å². The minimum absolute atomic E-state index is 0.0407. The highest BCUT2D eigenvalue weighted by Gasteiger charge is 2.39. The first-order valence-corrected chi connectivity index (χ1v) is 14.7. The zero-order valence-corrected chi connectivity index (χ0v) is 21.5. The second-order valence-electron chi connectivity index (χ2n) is 10.2. The molecule has 2 atom stereocenters. The Balaban J connectivity index is 2.30. The molecule has 0 unspecified atom stereocenters. The Bertz CT molecular complexity index is 701. The van der Waals surface area contributed by atoms with Crippen LogP contribution in [-0.4, -0.2) is 37.1 Å². The smallest absolute Gasteiger partial charge is 0.192 e. The van der Waals surface area contributed by atoms with Gasteiger partial charge in [0, 0.05) is 13.1 Å². The van der Waals surface area contributed by atoms with Crippen LogP contribution in [-0.2, 0) is 17.5 Å². The molecule has 0 spiro atoms. The average molecular weight is 442 g/mol. The lowest BCUT2D eigenvalue weighted by Crippen LogP contribution is -2.50. The van der Waals surface area contributed by atoms with Gasteiger partial charge in [-0.3, -0.25) is 4.90 Å².